The summed E-state index contributed by atoms with van der Waals surface area (Å²) in [6.45, 7) is 0.339. The highest BCUT2D eigenvalue weighted by atomic mass is 32.2. The standard InChI is InChI=1S/C32H34FN7O2S/c33-24-8-6-7-23(17-24)30(21-12-14-22(15-13-21)31(41)35-18-25-9-4-5-16-34-25)40-19-26(38-39-40)10-2-1-3-11-28-29-27(20-43-28)36-32(42)37-29/h4-9,12-17,19,27-30H,1-3,10-11,18,20H2,(H,35,41)(H2,36,37,42)/t27-,28-,29-,30?/m0/s1. The first kappa shape index (κ1) is 28.9. The van der Waals surface area contributed by atoms with Gasteiger partial charge in [0.05, 0.1) is 30.0 Å². The van der Waals surface area contributed by atoms with Crippen molar-refractivity contribution in [3.63, 3.8) is 0 Å². The predicted molar refractivity (Wildman–Crippen MR) is 163 cm³/mol. The lowest BCUT2D eigenvalue weighted by molar-refractivity contribution is 0.0950. The van der Waals surface area contributed by atoms with E-state index in [0.29, 0.717) is 17.4 Å². The summed E-state index contributed by atoms with van der Waals surface area (Å²) < 4.78 is 16.0. The average Bonchev–Trinajstić information content (AvgIpc) is 3.74. The van der Waals surface area contributed by atoms with Crippen LogP contribution in [0.1, 0.15) is 64.6 Å². The lowest BCUT2D eigenvalue weighted by Gasteiger charge is -2.18. The van der Waals surface area contributed by atoms with Gasteiger partial charge in [-0.3, -0.25) is 9.78 Å². The maximum atomic E-state index is 14.3. The molecule has 3 N–H and O–H groups in total. The topological polar surface area (TPSA) is 114 Å². The van der Waals surface area contributed by atoms with Crippen LogP contribution in [0.5, 0.6) is 0 Å². The number of benzene rings is 2. The van der Waals surface area contributed by atoms with Gasteiger partial charge in [-0.25, -0.2) is 13.9 Å². The molecule has 1 unspecified atom stereocenters. The van der Waals surface area contributed by atoms with Crippen LogP contribution in [0.25, 0.3) is 0 Å². The SMILES string of the molecule is O=C1N[C@H]2[C@H](CS[C@H]2CCCCCc2cn(C(c3ccc(C(=O)NCc4ccccn4)cc3)c3cccc(F)c3)nn2)N1. The van der Waals surface area contributed by atoms with Gasteiger partial charge < -0.3 is 16.0 Å². The number of fused-ring (bicyclic) bond motifs is 1. The molecule has 2 fully saturated rings. The molecule has 4 heterocycles. The summed E-state index contributed by atoms with van der Waals surface area (Å²) in [5.74, 6) is 0.456. The Morgan fingerprint density at radius 2 is 1.91 bits per heavy atom. The molecule has 222 valence electrons. The van der Waals surface area contributed by atoms with Gasteiger partial charge in [-0.15, -0.1) is 5.10 Å². The monoisotopic (exact) mass is 599 g/mol. The number of carbonyl (C=O) groups is 2. The molecule has 0 saturated carbocycles. The van der Waals surface area contributed by atoms with Crippen molar-refractivity contribution >= 4 is 23.7 Å². The second-order valence-electron chi connectivity index (χ2n) is 11.0. The maximum Gasteiger partial charge on any atom is 0.315 e. The number of aryl methyl sites for hydroxylation is 1. The second-order valence-corrected chi connectivity index (χ2v) is 12.3. The zero-order chi connectivity index (χ0) is 29.6. The summed E-state index contributed by atoms with van der Waals surface area (Å²) >= 11 is 1.94. The number of nitrogens with one attached hydrogen (secondary N) is 3. The molecule has 2 aromatic carbocycles. The fraction of sp³-hybridized carbons (Fsp3) is 0.344. The molecule has 4 atom stereocenters. The van der Waals surface area contributed by atoms with E-state index in [4.69, 9.17) is 0 Å². The number of rotatable bonds is 12. The highest BCUT2D eigenvalue weighted by Gasteiger charge is 2.42. The Kier molecular flexibility index (Phi) is 8.97. The number of amides is 3. The maximum absolute atomic E-state index is 14.3. The number of pyridine rings is 1. The summed E-state index contributed by atoms with van der Waals surface area (Å²) in [4.78, 5) is 28.6. The quantitative estimate of drug-likeness (QED) is 0.161. The molecular weight excluding hydrogens is 565 g/mol. The third kappa shape index (κ3) is 7.05. The molecule has 9 nitrogen and oxygen atoms in total. The summed E-state index contributed by atoms with van der Waals surface area (Å²) in [5, 5.41) is 18.3. The number of halogens is 1. The first-order chi connectivity index (χ1) is 21.0. The van der Waals surface area contributed by atoms with Crippen molar-refractivity contribution in [3.8, 4) is 0 Å². The molecule has 2 aliphatic rings. The van der Waals surface area contributed by atoms with E-state index in [9.17, 15) is 14.0 Å². The Bertz CT molecular complexity index is 1550. The summed E-state index contributed by atoms with van der Waals surface area (Å²) in [6, 6.07) is 19.4. The Hall–Kier alpha value is -4.25. The van der Waals surface area contributed by atoms with Crippen molar-refractivity contribution in [1.29, 1.82) is 0 Å². The van der Waals surface area contributed by atoms with E-state index in [1.165, 1.54) is 12.1 Å². The van der Waals surface area contributed by atoms with Crippen molar-refractivity contribution in [1.82, 2.24) is 35.9 Å². The molecule has 0 spiro atoms. The van der Waals surface area contributed by atoms with Gasteiger partial charge >= 0.3 is 6.03 Å². The molecule has 3 amide bonds. The van der Waals surface area contributed by atoms with E-state index in [-0.39, 0.29) is 29.8 Å². The first-order valence-corrected chi connectivity index (χ1v) is 15.7. The largest absolute Gasteiger partial charge is 0.346 e. The van der Waals surface area contributed by atoms with E-state index in [1.54, 1.807) is 29.1 Å². The van der Waals surface area contributed by atoms with E-state index in [0.717, 1.165) is 60.4 Å². The first-order valence-electron chi connectivity index (χ1n) is 14.7. The number of hydrogen-bond acceptors (Lipinski definition) is 6. The summed E-state index contributed by atoms with van der Waals surface area (Å²) in [6.07, 6.45) is 8.66. The number of thioether (sulfide) groups is 1. The van der Waals surface area contributed by atoms with Gasteiger partial charge in [-0.05, 0) is 66.8 Å². The van der Waals surface area contributed by atoms with E-state index in [1.807, 2.05) is 54.4 Å². The Morgan fingerprint density at radius 1 is 1.02 bits per heavy atom. The molecule has 4 aromatic rings. The zero-order valence-electron chi connectivity index (χ0n) is 23.7. The van der Waals surface area contributed by atoms with Gasteiger partial charge in [-0.1, -0.05) is 48.4 Å². The second kappa shape index (κ2) is 13.4. The Morgan fingerprint density at radius 3 is 2.72 bits per heavy atom. The van der Waals surface area contributed by atoms with E-state index in [2.05, 4.69) is 31.2 Å². The van der Waals surface area contributed by atoms with Crippen LogP contribution in [0.2, 0.25) is 0 Å². The fourth-order valence-corrected chi connectivity index (χ4v) is 7.34. The van der Waals surface area contributed by atoms with Crippen LogP contribution < -0.4 is 16.0 Å². The predicted octanol–water partition coefficient (Wildman–Crippen LogP) is 4.65. The molecule has 2 saturated heterocycles. The third-order valence-corrected chi connectivity index (χ3v) is 9.50. The molecule has 2 aromatic heterocycles. The van der Waals surface area contributed by atoms with E-state index >= 15 is 0 Å². The summed E-state index contributed by atoms with van der Waals surface area (Å²) in [5.41, 5.74) is 3.79. The lowest BCUT2D eigenvalue weighted by atomic mass is 9.97. The van der Waals surface area contributed by atoms with Crippen molar-refractivity contribution in [2.24, 2.45) is 0 Å². The highest BCUT2D eigenvalue weighted by Crippen LogP contribution is 2.33. The molecule has 0 radical (unpaired) electrons. The van der Waals surface area contributed by atoms with Gasteiger partial charge in [0.2, 0.25) is 0 Å². The minimum atomic E-state index is -0.398. The van der Waals surface area contributed by atoms with Crippen molar-refractivity contribution in [2.45, 2.75) is 62.0 Å². The molecule has 0 bridgehead atoms. The average molecular weight is 600 g/mol. The summed E-state index contributed by atoms with van der Waals surface area (Å²) in [7, 11) is 0. The number of carbonyl (C=O) groups excluding carboxylic acids is 2. The lowest BCUT2D eigenvalue weighted by Crippen LogP contribution is -2.36. The molecule has 11 heteroatoms. The zero-order valence-corrected chi connectivity index (χ0v) is 24.5. The van der Waals surface area contributed by atoms with Crippen LogP contribution in [-0.2, 0) is 13.0 Å². The van der Waals surface area contributed by atoms with Crippen LogP contribution in [-0.4, -0.2) is 55.0 Å². The molecule has 6 rings (SSSR count). The Balaban J connectivity index is 1.07. The van der Waals surface area contributed by atoms with Crippen LogP contribution in [0, 0.1) is 5.82 Å². The minimum Gasteiger partial charge on any atom is -0.346 e. The van der Waals surface area contributed by atoms with Gasteiger partial charge in [-0.2, -0.15) is 11.8 Å². The number of hydrogen-bond donors (Lipinski definition) is 3. The van der Waals surface area contributed by atoms with E-state index < -0.39 is 6.04 Å². The normalized spacial score (nSPS) is 19.8. The molecule has 0 aliphatic carbocycles. The van der Waals surface area contributed by atoms with Gasteiger partial charge in [0, 0.05) is 29.0 Å². The molecular formula is C32H34FN7O2S. The number of nitrogens with zero attached hydrogens (tertiary/aromatic N) is 4. The number of urea groups is 1. The molecule has 2 aliphatic heterocycles. The highest BCUT2D eigenvalue weighted by molar-refractivity contribution is 8.00. The number of unbranched alkanes of at least 4 members (excludes halogenated alkanes) is 2. The van der Waals surface area contributed by atoms with Crippen LogP contribution >= 0.6 is 11.8 Å². The van der Waals surface area contributed by atoms with Crippen LogP contribution in [0.3, 0.4) is 0 Å². The van der Waals surface area contributed by atoms with Crippen LogP contribution in [0.15, 0.2) is 79.1 Å². The van der Waals surface area contributed by atoms with Gasteiger partial charge in [0.1, 0.15) is 11.9 Å². The van der Waals surface area contributed by atoms with Gasteiger partial charge in [0.15, 0.2) is 0 Å². The van der Waals surface area contributed by atoms with Crippen molar-refractivity contribution in [2.75, 3.05) is 5.75 Å². The van der Waals surface area contributed by atoms with Gasteiger partial charge in [0.25, 0.3) is 5.91 Å². The molecule has 43 heavy (non-hydrogen) atoms. The fourth-order valence-electron chi connectivity index (χ4n) is 5.79. The third-order valence-electron chi connectivity index (χ3n) is 7.99. The number of aromatic nitrogens is 4. The smallest absolute Gasteiger partial charge is 0.315 e. The minimum absolute atomic E-state index is 0.0435. The van der Waals surface area contributed by atoms with Crippen LogP contribution in [0.4, 0.5) is 9.18 Å². The van der Waals surface area contributed by atoms with Crippen molar-refractivity contribution < 1.29 is 14.0 Å². The Labute approximate surface area is 254 Å². The van der Waals surface area contributed by atoms with Crippen molar-refractivity contribution in [3.05, 3.63) is 113 Å².